The van der Waals surface area contributed by atoms with E-state index >= 15 is 0 Å². The summed E-state index contributed by atoms with van der Waals surface area (Å²) in [5.41, 5.74) is 6.64. The molecule has 3 N–H and O–H groups in total. The molecule has 1 heterocycles. The van der Waals surface area contributed by atoms with E-state index in [1.165, 1.54) is 0 Å². The molecule has 0 radical (unpaired) electrons. The number of nitrogens with zero attached hydrogens (tertiary/aromatic N) is 1. The summed E-state index contributed by atoms with van der Waals surface area (Å²) in [6.45, 7) is 5.54. The van der Waals surface area contributed by atoms with Gasteiger partial charge in [-0.05, 0) is 26.8 Å². The van der Waals surface area contributed by atoms with Crippen LogP contribution in [0, 0.1) is 0 Å². The van der Waals surface area contributed by atoms with Crippen molar-refractivity contribution < 1.29 is 13.2 Å². The van der Waals surface area contributed by atoms with Gasteiger partial charge < -0.3 is 15.6 Å². The predicted molar refractivity (Wildman–Crippen MR) is 75.9 cm³/mol. The Bertz CT molecular complexity index is 561. The Hall–Kier alpha value is -1.50. The molecule has 6 nitrogen and oxygen atoms in total. The van der Waals surface area contributed by atoms with Crippen LogP contribution in [-0.2, 0) is 9.84 Å². The highest BCUT2D eigenvalue weighted by Gasteiger charge is 2.18. The molecular weight excluding hydrogens is 266 g/mol. The Balaban J connectivity index is 2.84. The minimum absolute atomic E-state index is 0.0867. The number of hydrogen-bond acceptors (Lipinski definition) is 4. The fourth-order valence-electron chi connectivity index (χ4n) is 1.90. The fraction of sp³-hybridized carbons (Fsp3) is 0.583. The summed E-state index contributed by atoms with van der Waals surface area (Å²) in [6, 6.07) is 1.24. The molecule has 1 amide bonds. The van der Waals surface area contributed by atoms with Crippen LogP contribution in [0.15, 0.2) is 12.3 Å². The summed E-state index contributed by atoms with van der Waals surface area (Å²) in [4.78, 5) is 12.1. The zero-order valence-electron chi connectivity index (χ0n) is 11.7. The van der Waals surface area contributed by atoms with Crippen LogP contribution in [0.1, 0.15) is 37.3 Å². The molecule has 0 aromatic carbocycles. The lowest BCUT2D eigenvalue weighted by Gasteiger charge is -2.16. The number of rotatable bonds is 5. The van der Waals surface area contributed by atoms with Crippen LogP contribution in [0.5, 0.6) is 0 Å². The van der Waals surface area contributed by atoms with E-state index in [9.17, 15) is 13.2 Å². The van der Waals surface area contributed by atoms with Gasteiger partial charge in [-0.15, -0.1) is 0 Å². The van der Waals surface area contributed by atoms with Gasteiger partial charge >= 0.3 is 0 Å². The molecule has 0 saturated carbocycles. The number of carbonyl (C=O) groups excluding carboxylic acids is 1. The highest BCUT2D eigenvalue weighted by atomic mass is 32.2. The monoisotopic (exact) mass is 287 g/mol. The smallest absolute Gasteiger partial charge is 0.268 e. The molecule has 1 aromatic rings. The number of sulfone groups is 1. The van der Waals surface area contributed by atoms with Gasteiger partial charge in [-0.1, -0.05) is 0 Å². The van der Waals surface area contributed by atoms with Gasteiger partial charge in [0.25, 0.3) is 5.91 Å². The lowest BCUT2D eigenvalue weighted by atomic mass is 10.3. The van der Waals surface area contributed by atoms with Crippen LogP contribution in [0.25, 0.3) is 0 Å². The van der Waals surface area contributed by atoms with Gasteiger partial charge in [0.15, 0.2) is 0 Å². The molecule has 0 saturated heterocycles. The van der Waals surface area contributed by atoms with Crippen molar-refractivity contribution in [3.8, 4) is 0 Å². The maximum absolute atomic E-state index is 12.1. The first-order valence-corrected chi connectivity index (χ1v) is 8.12. The molecule has 1 aromatic heterocycles. The topological polar surface area (TPSA) is 94.2 Å². The fourth-order valence-corrected chi connectivity index (χ4v) is 2.89. The molecular formula is C12H21N3O3S. The van der Waals surface area contributed by atoms with Crippen molar-refractivity contribution in [3.05, 3.63) is 18.0 Å². The minimum atomic E-state index is -3.12. The maximum Gasteiger partial charge on any atom is 0.268 e. The van der Waals surface area contributed by atoms with Gasteiger partial charge in [-0.3, -0.25) is 4.79 Å². The Morgan fingerprint density at radius 3 is 2.47 bits per heavy atom. The molecule has 7 heteroatoms. The third-order valence-corrected chi connectivity index (χ3v) is 3.69. The molecule has 0 aliphatic carbocycles. The van der Waals surface area contributed by atoms with E-state index in [1.807, 2.05) is 13.8 Å². The quantitative estimate of drug-likeness (QED) is 0.838. The minimum Gasteiger partial charge on any atom is -0.397 e. The van der Waals surface area contributed by atoms with Crippen LogP contribution in [0.4, 0.5) is 5.69 Å². The zero-order valence-corrected chi connectivity index (χ0v) is 12.5. The summed E-state index contributed by atoms with van der Waals surface area (Å²) >= 11 is 0. The summed E-state index contributed by atoms with van der Waals surface area (Å²) in [5, 5.41) is 2.67. The lowest BCUT2D eigenvalue weighted by Crippen LogP contribution is -2.38. The van der Waals surface area contributed by atoms with Crippen molar-refractivity contribution in [2.75, 3.05) is 17.7 Å². The van der Waals surface area contributed by atoms with Gasteiger partial charge in [0.2, 0.25) is 0 Å². The molecule has 108 valence electrons. The molecule has 1 unspecified atom stereocenters. The second-order valence-electron chi connectivity index (χ2n) is 5.13. The number of nitrogens with one attached hydrogen (secondary N) is 1. The van der Waals surface area contributed by atoms with Crippen LogP contribution in [0.2, 0.25) is 0 Å². The second kappa shape index (κ2) is 5.64. The molecule has 19 heavy (non-hydrogen) atoms. The van der Waals surface area contributed by atoms with Gasteiger partial charge in [-0.2, -0.15) is 0 Å². The summed E-state index contributed by atoms with van der Waals surface area (Å²) in [6.07, 6.45) is 2.84. The van der Waals surface area contributed by atoms with Gasteiger partial charge in [-0.25, -0.2) is 8.42 Å². The highest BCUT2D eigenvalue weighted by molar-refractivity contribution is 7.90. The number of nitrogen functional groups attached to an aromatic ring is 1. The van der Waals surface area contributed by atoms with Gasteiger partial charge in [0.05, 0.1) is 11.4 Å². The SMILES string of the molecule is CC(CS(C)(=O)=O)NC(=O)c1cc(N)cn1C(C)C. The number of amides is 1. The van der Waals surface area contributed by atoms with E-state index in [0.717, 1.165) is 6.26 Å². The first-order chi connectivity index (χ1) is 8.60. The van der Waals surface area contributed by atoms with Gasteiger partial charge in [0.1, 0.15) is 15.5 Å². The first kappa shape index (κ1) is 15.6. The summed E-state index contributed by atoms with van der Waals surface area (Å²) < 4.78 is 24.1. The normalized spacial score (nSPS) is 13.5. The van der Waals surface area contributed by atoms with Crippen LogP contribution in [-0.4, -0.2) is 36.9 Å². The average Bonchev–Trinajstić information content (AvgIpc) is 2.57. The Kier molecular flexibility index (Phi) is 4.62. The second-order valence-corrected chi connectivity index (χ2v) is 7.31. The Labute approximate surface area is 113 Å². The molecule has 0 aliphatic rings. The van der Waals surface area contributed by atoms with Crippen molar-refractivity contribution in [2.45, 2.75) is 32.9 Å². The van der Waals surface area contributed by atoms with Crippen molar-refractivity contribution in [1.29, 1.82) is 0 Å². The van der Waals surface area contributed by atoms with E-state index in [0.29, 0.717) is 11.4 Å². The molecule has 1 rings (SSSR count). The third kappa shape index (κ3) is 4.59. The van der Waals surface area contributed by atoms with E-state index in [1.54, 1.807) is 23.8 Å². The summed E-state index contributed by atoms with van der Waals surface area (Å²) in [7, 11) is -3.12. The Morgan fingerprint density at radius 1 is 1.42 bits per heavy atom. The average molecular weight is 287 g/mol. The lowest BCUT2D eigenvalue weighted by molar-refractivity contribution is 0.0933. The molecule has 0 fully saturated rings. The van der Waals surface area contributed by atoms with E-state index in [2.05, 4.69) is 5.32 Å². The van der Waals surface area contributed by atoms with Crippen LogP contribution >= 0.6 is 0 Å². The van der Waals surface area contributed by atoms with Crippen LogP contribution < -0.4 is 11.1 Å². The number of anilines is 1. The van der Waals surface area contributed by atoms with Crippen molar-refractivity contribution in [3.63, 3.8) is 0 Å². The molecule has 1 atom stereocenters. The number of nitrogens with two attached hydrogens (primary N) is 1. The number of carbonyl (C=O) groups is 1. The Morgan fingerprint density at radius 2 is 2.00 bits per heavy atom. The molecule has 0 aliphatic heterocycles. The third-order valence-electron chi connectivity index (χ3n) is 2.59. The zero-order chi connectivity index (χ0) is 14.8. The number of aromatic nitrogens is 1. The van der Waals surface area contributed by atoms with Crippen molar-refractivity contribution in [2.24, 2.45) is 0 Å². The van der Waals surface area contributed by atoms with Crippen molar-refractivity contribution in [1.82, 2.24) is 9.88 Å². The maximum atomic E-state index is 12.1. The predicted octanol–water partition coefficient (Wildman–Crippen LogP) is 0.814. The standard InChI is InChI=1S/C12H21N3O3S/c1-8(2)15-6-10(13)5-11(15)12(16)14-9(3)7-19(4,17)18/h5-6,8-9H,7,13H2,1-4H3,(H,14,16). The molecule has 0 bridgehead atoms. The van der Waals surface area contributed by atoms with Crippen LogP contribution in [0.3, 0.4) is 0 Å². The number of hydrogen-bond donors (Lipinski definition) is 2. The van der Waals surface area contributed by atoms with E-state index in [4.69, 9.17) is 5.73 Å². The summed E-state index contributed by atoms with van der Waals surface area (Å²) in [5.74, 6) is -0.405. The van der Waals surface area contributed by atoms with E-state index in [-0.39, 0.29) is 17.7 Å². The highest BCUT2D eigenvalue weighted by Crippen LogP contribution is 2.16. The molecule has 0 spiro atoms. The van der Waals surface area contributed by atoms with Crippen molar-refractivity contribution >= 4 is 21.4 Å². The van der Waals surface area contributed by atoms with Gasteiger partial charge in [0, 0.05) is 24.5 Å². The van der Waals surface area contributed by atoms with E-state index < -0.39 is 15.9 Å². The first-order valence-electron chi connectivity index (χ1n) is 6.06. The largest absolute Gasteiger partial charge is 0.397 e.